The van der Waals surface area contributed by atoms with E-state index in [1.807, 2.05) is 0 Å². The maximum absolute atomic E-state index is 2.36. The molecule has 0 atom stereocenters. The second-order valence-corrected chi connectivity index (χ2v) is 12.6. The lowest BCUT2D eigenvalue weighted by Gasteiger charge is -2.26. The fraction of sp³-hybridized carbons (Fsp3) is 0. The van der Waals surface area contributed by atoms with E-state index in [0.29, 0.717) is 0 Å². The van der Waals surface area contributed by atoms with Gasteiger partial charge in [0.15, 0.2) is 0 Å². The Labute approximate surface area is 287 Å². The van der Waals surface area contributed by atoms with Crippen molar-refractivity contribution in [1.82, 2.24) is 0 Å². The normalized spacial score (nSPS) is 11.3. The Morgan fingerprint density at radius 1 is 0.245 bits per heavy atom. The van der Waals surface area contributed by atoms with Crippen LogP contribution in [0, 0.1) is 0 Å². The van der Waals surface area contributed by atoms with E-state index in [1.54, 1.807) is 0 Å². The van der Waals surface area contributed by atoms with E-state index in [0.717, 1.165) is 17.1 Å². The fourth-order valence-corrected chi connectivity index (χ4v) is 7.16. The smallest absolute Gasteiger partial charge is 0.0468 e. The standard InChI is InChI=1S/C48H33N/c1-3-10-34(11-4-1)36-20-25-42(26-21-36)49(43-27-22-38(23-28-43)46-17-9-15-37-14-7-8-16-45(37)46)44-29-31-48-41(33-44)19-18-40-32-39(24-30-47(40)48)35-12-5-2-6-13-35/h1-33H. The first-order valence-corrected chi connectivity index (χ1v) is 16.8. The number of nitrogens with zero attached hydrogens (tertiary/aromatic N) is 1. The van der Waals surface area contributed by atoms with Crippen LogP contribution in [0.2, 0.25) is 0 Å². The van der Waals surface area contributed by atoms with Crippen LogP contribution >= 0.6 is 0 Å². The highest BCUT2D eigenvalue weighted by Crippen LogP contribution is 2.40. The van der Waals surface area contributed by atoms with Crippen LogP contribution in [0.25, 0.3) is 65.7 Å². The SMILES string of the molecule is c1ccc(-c2ccc(N(c3ccc(-c4cccc5ccccc45)cc3)c3ccc4c(ccc5cc(-c6ccccc6)ccc54)c3)cc2)cc1. The molecule has 0 aromatic heterocycles. The second-order valence-electron chi connectivity index (χ2n) is 12.6. The average Bonchev–Trinajstić information content (AvgIpc) is 3.18. The molecule has 1 nitrogen and oxygen atoms in total. The first-order chi connectivity index (χ1) is 24.3. The quantitative estimate of drug-likeness (QED) is 0.167. The number of fused-ring (bicyclic) bond motifs is 4. The summed E-state index contributed by atoms with van der Waals surface area (Å²) in [5.74, 6) is 0. The third kappa shape index (κ3) is 5.42. The molecule has 9 rings (SSSR count). The van der Waals surface area contributed by atoms with Gasteiger partial charge in [-0.3, -0.25) is 0 Å². The Balaban J connectivity index is 1.14. The van der Waals surface area contributed by atoms with Gasteiger partial charge in [-0.15, -0.1) is 0 Å². The second kappa shape index (κ2) is 12.3. The van der Waals surface area contributed by atoms with Gasteiger partial charge in [0.05, 0.1) is 0 Å². The van der Waals surface area contributed by atoms with E-state index >= 15 is 0 Å². The van der Waals surface area contributed by atoms with Gasteiger partial charge in [-0.05, 0) is 108 Å². The van der Waals surface area contributed by atoms with Crippen molar-refractivity contribution in [2.75, 3.05) is 4.90 Å². The van der Waals surface area contributed by atoms with Gasteiger partial charge in [0.1, 0.15) is 0 Å². The molecule has 0 saturated carbocycles. The molecule has 0 N–H and O–H groups in total. The van der Waals surface area contributed by atoms with E-state index in [2.05, 4.69) is 205 Å². The summed E-state index contributed by atoms with van der Waals surface area (Å²) in [6, 6.07) is 72.4. The maximum atomic E-state index is 2.36. The molecular formula is C48H33N. The van der Waals surface area contributed by atoms with Crippen molar-refractivity contribution < 1.29 is 0 Å². The van der Waals surface area contributed by atoms with Crippen molar-refractivity contribution in [2.24, 2.45) is 0 Å². The highest BCUT2D eigenvalue weighted by molar-refractivity contribution is 6.09. The molecule has 0 amide bonds. The lowest BCUT2D eigenvalue weighted by Crippen LogP contribution is -2.09. The molecule has 0 bridgehead atoms. The van der Waals surface area contributed by atoms with Crippen LogP contribution in [-0.4, -0.2) is 0 Å². The van der Waals surface area contributed by atoms with Gasteiger partial charge in [0.2, 0.25) is 0 Å². The third-order valence-corrected chi connectivity index (χ3v) is 9.64. The van der Waals surface area contributed by atoms with Crippen molar-refractivity contribution in [2.45, 2.75) is 0 Å². The molecule has 1 heteroatoms. The minimum atomic E-state index is 1.11. The first-order valence-electron chi connectivity index (χ1n) is 16.8. The molecule has 0 aliphatic rings. The van der Waals surface area contributed by atoms with E-state index < -0.39 is 0 Å². The zero-order valence-corrected chi connectivity index (χ0v) is 27.0. The number of benzene rings is 9. The fourth-order valence-electron chi connectivity index (χ4n) is 7.16. The predicted molar refractivity (Wildman–Crippen MR) is 210 cm³/mol. The molecule has 0 heterocycles. The molecule has 0 aliphatic heterocycles. The average molecular weight is 624 g/mol. The predicted octanol–water partition coefficient (Wildman–Crippen LogP) is 13.6. The summed E-state index contributed by atoms with van der Waals surface area (Å²) in [6.45, 7) is 0. The molecule has 9 aromatic carbocycles. The Morgan fingerprint density at radius 3 is 1.43 bits per heavy atom. The minimum absolute atomic E-state index is 1.11. The van der Waals surface area contributed by atoms with E-state index in [-0.39, 0.29) is 0 Å². The molecule has 9 aromatic rings. The van der Waals surface area contributed by atoms with E-state index in [1.165, 1.54) is 65.7 Å². The molecule has 0 radical (unpaired) electrons. The van der Waals surface area contributed by atoms with Gasteiger partial charge in [-0.2, -0.15) is 0 Å². The molecule has 230 valence electrons. The van der Waals surface area contributed by atoms with Crippen LogP contribution in [-0.2, 0) is 0 Å². The molecule has 0 aliphatic carbocycles. The molecular weight excluding hydrogens is 591 g/mol. The van der Waals surface area contributed by atoms with Crippen molar-refractivity contribution in [3.05, 3.63) is 200 Å². The van der Waals surface area contributed by atoms with Gasteiger partial charge in [-0.25, -0.2) is 0 Å². The van der Waals surface area contributed by atoms with Crippen LogP contribution in [0.4, 0.5) is 17.1 Å². The van der Waals surface area contributed by atoms with E-state index in [9.17, 15) is 0 Å². The molecule has 0 unspecified atom stereocenters. The van der Waals surface area contributed by atoms with Crippen molar-refractivity contribution in [3.8, 4) is 33.4 Å². The van der Waals surface area contributed by atoms with Crippen LogP contribution in [0.5, 0.6) is 0 Å². The zero-order valence-electron chi connectivity index (χ0n) is 27.0. The minimum Gasteiger partial charge on any atom is -0.310 e. The molecule has 49 heavy (non-hydrogen) atoms. The summed E-state index contributed by atoms with van der Waals surface area (Å²) in [5, 5.41) is 7.51. The summed E-state index contributed by atoms with van der Waals surface area (Å²) in [5.41, 5.74) is 10.7. The first kappa shape index (κ1) is 28.8. The molecule has 0 fully saturated rings. The van der Waals surface area contributed by atoms with Crippen LogP contribution < -0.4 is 4.90 Å². The lowest BCUT2D eigenvalue weighted by atomic mass is 9.96. The van der Waals surface area contributed by atoms with Crippen molar-refractivity contribution in [3.63, 3.8) is 0 Å². The summed E-state index contributed by atoms with van der Waals surface area (Å²) in [7, 11) is 0. The zero-order chi connectivity index (χ0) is 32.6. The Kier molecular flexibility index (Phi) is 7.22. The molecule has 0 saturated heterocycles. The van der Waals surface area contributed by atoms with E-state index in [4.69, 9.17) is 0 Å². The van der Waals surface area contributed by atoms with Crippen LogP contribution in [0.15, 0.2) is 200 Å². The maximum Gasteiger partial charge on any atom is 0.0468 e. The Morgan fingerprint density at radius 2 is 0.735 bits per heavy atom. The highest BCUT2D eigenvalue weighted by atomic mass is 15.1. The highest BCUT2D eigenvalue weighted by Gasteiger charge is 2.15. The summed E-state index contributed by atoms with van der Waals surface area (Å²) in [4.78, 5) is 2.36. The topological polar surface area (TPSA) is 3.24 Å². The van der Waals surface area contributed by atoms with Crippen LogP contribution in [0.1, 0.15) is 0 Å². The molecule has 0 spiro atoms. The number of anilines is 3. The van der Waals surface area contributed by atoms with Crippen molar-refractivity contribution in [1.29, 1.82) is 0 Å². The van der Waals surface area contributed by atoms with Crippen molar-refractivity contribution >= 4 is 49.4 Å². The Hall–Kier alpha value is -6.44. The summed E-state index contributed by atoms with van der Waals surface area (Å²) in [6.07, 6.45) is 0. The van der Waals surface area contributed by atoms with Gasteiger partial charge in [-0.1, -0.05) is 158 Å². The number of hydrogen-bond acceptors (Lipinski definition) is 1. The summed E-state index contributed by atoms with van der Waals surface area (Å²) < 4.78 is 0. The van der Waals surface area contributed by atoms with Gasteiger partial charge in [0.25, 0.3) is 0 Å². The van der Waals surface area contributed by atoms with Gasteiger partial charge >= 0.3 is 0 Å². The number of hydrogen-bond donors (Lipinski definition) is 0. The monoisotopic (exact) mass is 623 g/mol. The van der Waals surface area contributed by atoms with Crippen LogP contribution in [0.3, 0.4) is 0 Å². The van der Waals surface area contributed by atoms with Gasteiger partial charge in [0, 0.05) is 17.1 Å². The Bertz CT molecular complexity index is 2560. The lowest BCUT2D eigenvalue weighted by molar-refractivity contribution is 1.29. The third-order valence-electron chi connectivity index (χ3n) is 9.64. The van der Waals surface area contributed by atoms with Gasteiger partial charge < -0.3 is 4.90 Å². The number of rotatable bonds is 6. The largest absolute Gasteiger partial charge is 0.310 e. The summed E-state index contributed by atoms with van der Waals surface area (Å²) >= 11 is 0.